The molecule has 4 nitrogen and oxygen atoms in total. The largest absolute Gasteiger partial charge is 0.478 e. The van der Waals surface area contributed by atoms with Crippen LogP contribution in [0, 0.1) is 11.7 Å². The van der Waals surface area contributed by atoms with Crippen LogP contribution < -0.4 is 5.32 Å². The third-order valence-corrected chi connectivity index (χ3v) is 3.32. The molecular weight excluding hydrogens is 285 g/mol. The van der Waals surface area contributed by atoms with Gasteiger partial charge in [-0.2, -0.15) is 0 Å². The topological polar surface area (TPSA) is 66.4 Å². The molecular formula is C17H16FNO3. The van der Waals surface area contributed by atoms with E-state index >= 15 is 0 Å². The molecule has 2 rings (SSSR count). The Labute approximate surface area is 127 Å². The third kappa shape index (κ3) is 3.91. The second-order valence-corrected chi connectivity index (χ2v) is 5.07. The van der Waals surface area contributed by atoms with E-state index in [2.05, 4.69) is 5.32 Å². The van der Waals surface area contributed by atoms with Crippen LogP contribution in [0.4, 0.5) is 10.1 Å². The van der Waals surface area contributed by atoms with E-state index < -0.39 is 5.97 Å². The molecule has 2 aromatic carbocycles. The quantitative estimate of drug-likeness (QED) is 0.890. The van der Waals surface area contributed by atoms with Crippen LogP contribution >= 0.6 is 0 Å². The zero-order chi connectivity index (χ0) is 16.1. The van der Waals surface area contributed by atoms with Gasteiger partial charge in [-0.3, -0.25) is 4.79 Å². The van der Waals surface area contributed by atoms with Crippen LogP contribution in [-0.2, 0) is 11.2 Å². The fraction of sp³-hybridized carbons (Fsp3) is 0.176. The lowest BCUT2D eigenvalue weighted by Crippen LogP contribution is -2.23. The Morgan fingerprint density at radius 2 is 1.77 bits per heavy atom. The maximum absolute atomic E-state index is 12.9. The summed E-state index contributed by atoms with van der Waals surface area (Å²) in [6.45, 7) is 1.74. The number of hydrogen-bond donors (Lipinski definition) is 2. The van der Waals surface area contributed by atoms with Gasteiger partial charge in [-0.05, 0) is 36.2 Å². The number of carbonyl (C=O) groups is 2. The first kappa shape index (κ1) is 15.7. The van der Waals surface area contributed by atoms with Crippen LogP contribution in [-0.4, -0.2) is 17.0 Å². The van der Waals surface area contributed by atoms with Crippen LogP contribution in [0.3, 0.4) is 0 Å². The zero-order valence-corrected chi connectivity index (χ0v) is 12.0. The smallest absolute Gasteiger partial charge is 0.337 e. The van der Waals surface area contributed by atoms with Gasteiger partial charge in [0.15, 0.2) is 0 Å². The number of para-hydroxylation sites is 1. The Bertz CT molecular complexity index is 683. The van der Waals surface area contributed by atoms with Crippen molar-refractivity contribution in [1.29, 1.82) is 0 Å². The number of carboxylic acid groups (broad SMARTS) is 1. The number of anilines is 1. The molecule has 1 unspecified atom stereocenters. The van der Waals surface area contributed by atoms with Crippen LogP contribution in [0.25, 0.3) is 0 Å². The predicted molar refractivity (Wildman–Crippen MR) is 81.3 cm³/mol. The van der Waals surface area contributed by atoms with Gasteiger partial charge in [-0.25, -0.2) is 9.18 Å². The van der Waals surface area contributed by atoms with E-state index in [-0.39, 0.29) is 28.9 Å². The summed E-state index contributed by atoms with van der Waals surface area (Å²) < 4.78 is 12.9. The van der Waals surface area contributed by atoms with Crippen LogP contribution in [0.15, 0.2) is 48.5 Å². The Morgan fingerprint density at radius 3 is 2.41 bits per heavy atom. The number of halogens is 1. The number of aromatic carboxylic acids is 1. The standard InChI is InChI=1S/C17H16FNO3/c1-11(10-12-6-8-13(18)9-7-12)16(20)19-15-5-3-2-4-14(15)17(21)22/h2-9,11H,10H2,1H3,(H,19,20)(H,21,22). The molecule has 1 atom stereocenters. The molecule has 2 N–H and O–H groups in total. The maximum atomic E-state index is 12.9. The van der Waals surface area contributed by atoms with Crippen molar-refractivity contribution in [3.8, 4) is 0 Å². The fourth-order valence-electron chi connectivity index (χ4n) is 2.10. The summed E-state index contributed by atoms with van der Waals surface area (Å²) in [7, 11) is 0. The highest BCUT2D eigenvalue weighted by atomic mass is 19.1. The molecule has 1 amide bonds. The van der Waals surface area contributed by atoms with Crippen molar-refractivity contribution in [3.05, 3.63) is 65.5 Å². The van der Waals surface area contributed by atoms with Crippen molar-refractivity contribution >= 4 is 17.6 Å². The summed E-state index contributed by atoms with van der Waals surface area (Å²) in [5, 5.41) is 11.7. The second kappa shape index (κ2) is 6.85. The van der Waals surface area contributed by atoms with Gasteiger partial charge in [-0.1, -0.05) is 31.2 Å². The maximum Gasteiger partial charge on any atom is 0.337 e. The van der Waals surface area contributed by atoms with Gasteiger partial charge in [-0.15, -0.1) is 0 Å². The van der Waals surface area contributed by atoms with Crippen molar-refractivity contribution in [2.24, 2.45) is 5.92 Å². The lowest BCUT2D eigenvalue weighted by atomic mass is 10.00. The molecule has 22 heavy (non-hydrogen) atoms. The Hall–Kier alpha value is -2.69. The van der Waals surface area contributed by atoms with E-state index in [1.807, 2.05) is 0 Å². The molecule has 0 saturated heterocycles. The van der Waals surface area contributed by atoms with E-state index in [9.17, 15) is 14.0 Å². The number of hydrogen-bond acceptors (Lipinski definition) is 2. The number of carbonyl (C=O) groups excluding carboxylic acids is 1. The summed E-state index contributed by atoms with van der Waals surface area (Å²) >= 11 is 0. The highest BCUT2D eigenvalue weighted by molar-refractivity contribution is 6.01. The van der Waals surface area contributed by atoms with Gasteiger partial charge in [0.05, 0.1) is 11.3 Å². The second-order valence-electron chi connectivity index (χ2n) is 5.07. The molecule has 0 aliphatic carbocycles. The number of amides is 1. The van der Waals surface area contributed by atoms with Gasteiger partial charge in [0, 0.05) is 5.92 Å². The average molecular weight is 301 g/mol. The molecule has 0 aliphatic heterocycles. The van der Waals surface area contributed by atoms with Crippen molar-refractivity contribution in [1.82, 2.24) is 0 Å². The Balaban J connectivity index is 2.05. The van der Waals surface area contributed by atoms with Gasteiger partial charge in [0.2, 0.25) is 5.91 Å². The minimum absolute atomic E-state index is 0.0461. The molecule has 0 heterocycles. The summed E-state index contributed by atoms with van der Waals surface area (Å²) in [5.74, 6) is -2.07. The molecule has 114 valence electrons. The van der Waals surface area contributed by atoms with Crippen molar-refractivity contribution in [2.75, 3.05) is 5.32 Å². The minimum atomic E-state index is -1.10. The molecule has 5 heteroatoms. The van der Waals surface area contributed by atoms with Gasteiger partial charge >= 0.3 is 5.97 Å². The number of benzene rings is 2. The van der Waals surface area contributed by atoms with Gasteiger partial charge < -0.3 is 10.4 Å². The van der Waals surface area contributed by atoms with Crippen molar-refractivity contribution in [3.63, 3.8) is 0 Å². The van der Waals surface area contributed by atoms with E-state index in [1.165, 1.54) is 18.2 Å². The first-order chi connectivity index (χ1) is 10.5. The molecule has 0 radical (unpaired) electrons. The Morgan fingerprint density at radius 1 is 1.14 bits per heavy atom. The summed E-state index contributed by atoms with van der Waals surface area (Å²) in [6, 6.07) is 12.2. The summed E-state index contributed by atoms with van der Waals surface area (Å²) in [5.41, 5.74) is 1.16. The van der Waals surface area contributed by atoms with Crippen LogP contribution in [0.5, 0.6) is 0 Å². The first-order valence-corrected chi connectivity index (χ1v) is 6.85. The molecule has 0 aliphatic rings. The van der Waals surface area contributed by atoms with Crippen LogP contribution in [0.2, 0.25) is 0 Å². The number of carboxylic acids is 1. The summed E-state index contributed by atoms with van der Waals surface area (Å²) in [4.78, 5) is 23.3. The highest BCUT2D eigenvalue weighted by Crippen LogP contribution is 2.17. The lowest BCUT2D eigenvalue weighted by Gasteiger charge is -2.13. The molecule has 0 saturated carbocycles. The normalized spacial score (nSPS) is 11.7. The Kier molecular flexibility index (Phi) is 4.88. The van der Waals surface area contributed by atoms with E-state index in [0.29, 0.717) is 6.42 Å². The average Bonchev–Trinajstić information content (AvgIpc) is 2.49. The van der Waals surface area contributed by atoms with Gasteiger partial charge in [0.1, 0.15) is 5.82 Å². The zero-order valence-electron chi connectivity index (χ0n) is 12.0. The summed E-state index contributed by atoms with van der Waals surface area (Å²) in [6.07, 6.45) is 0.446. The predicted octanol–water partition coefficient (Wildman–Crippen LogP) is 3.34. The SMILES string of the molecule is CC(Cc1ccc(F)cc1)C(=O)Nc1ccccc1C(=O)O. The van der Waals surface area contributed by atoms with E-state index in [1.54, 1.807) is 37.3 Å². The molecule has 0 fully saturated rings. The molecule has 0 bridgehead atoms. The molecule has 0 spiro atoms. The lowest BCUT2D eigenvalue weighted by molar-refractivity contribution is -0.119. The molecule has 2 aromatic rings. The number of rotatable bonds is 5. The highest BCUT2D eigenvalue weighted by Gasteiger charge is 2.17. The first-order valence-electron chi connectivity index (χ1n) is 6.85. The van der Waals surface area contributed by atoms with Crippen LogP contribution in [0.1, 0.15) is 22.8 Å². The van der Waals surface area contributed by atoms with Crippen molar-refractivity contribution < 1.29 is 19.1 Å². The van der Waals surface area contributed by atoms with E-state index in [0.717, 1.165) is 5.56 Å². The minimum Gasteiger partial charge on any atom is -0.478 e. The third-order valence-electron chi connectivity index (χ3n) is 3.32. The molecule has 0 aromatic heterocycles. The number of nitrogens with one attached hydrogen (secondary N) is 1. The fourth-order valence-corrected chi connectivity index (χ4v) is 2.10. The van der Waals surface area contributed by atoms with Crippen molar-refractivity contribution in [2.45, 2.75) is 13.3 Å². The van der Waals surface area contributed by atoms with Gasteiger partial charge in [0.25, 0.3) is 0 Å². The monoisotopic (exact) mass is 301 g/mol. The van der Waals surface area contributed by atoms with E-state index in [4.69, 9.17) is 5.11 Å².